The smallest absolute Gasteiger partial charge is 0.0481 e. The number of alkyl halides is 1. The number of rotatable bonds is 1. The normalized spacial score (nSPS) is 34.9. The first-order valence-corrected chi connectivity index (χ1v) is 6.61. The SMILES string of the molecule is CC1CC2C(=N1)C(C(C)C)=CC=CC2Br. The van der Waals surface area contributed by atoms with Crippen LogP contribution in [-0.2, 0) is 0 Å². The maximum absolute atomic E-state index is 4.80. The molecule has 3 atom stereocenters. The predicted octanol–water partition coefficient (Wildman–Crippen LogP) is 3.75. The van der Waals surface area contributed by atoms with E-state index < -0.39 is 0 Å². The van der Waals surface area contributed by atoms with Crippen molar-refractivity contribution in [3.05, 3.63) is 23.8 Å². The zero-order valence-electron chi connectivity index (χ0n) is 9.57. The summed E-state index contributed by atoms with van der Waals surface area (Å²) in [6.45, 7) is 6.70. The van der Waals surface area contributed by atoms with Crippen LogP contribution in [0.1, 0.15) is 27.2 Å². The summed E-state index contributed by atoms with van der Waals surface area (Å²) < 4.78 is 0. The third-order valence-electron chi connectivity index (χ3n) is 3.18. The molecule has 3 unspecified atom stereocenters. The van der Waals surface area contributed by atoms with Crippen molar-refractivity contribution >= 4 is 21.6 Å². The summed E-state index contributed by atoms with van der Waals surface area (Å²) in [7, 11) is 0. The third kappa shape index (κ3) is 2.10. The van der Waals surface area contributed by atoms with Crippen molar-refractivity contribution in [1.29, 1.82) is 0 Å². The van der Waals surface area contributed by atoms with Gasteiger partial charge in [-0.05, 0) is 24.8 Å². The molecular weight excluding hydrogens is 250 g/mol. The van der Waals surface area contributed by atoms with Crippen molar-refractivity contribution in [2.45, 2.75) is 38.1 Å². The zero-order chi connectivity index (χ0) is 11.0. The quantitative estimate of drug-likeness (QED) is 0.642. The molecule has 0 aromatic rings. The molecule has 0 N–H and O–H groups in total. The van der Waals surface area contributed by atoms with Gasteiger partial charge in [0.05, 0.1) is 0 Å². The average Bonchev–Trinajstić information content (AvgIpc) is 2.47. The Labute approximate surface area is 100 Å². The summed E-state index contributed by atoms with van der Waals surface area (Å²) >= 11 is 3.75. The Hall–Kier alpha value is -0.370. The van der Waals surface area contributed by atoms with E-state index in [1.54, 1.807) is 0 Å². The van der Waals surface area contributed by atoms with Crippen LogP contribution >= 0.6 is 15.9 Å². The molecule has 1 aliphatic carbocycles. The minimum atomic E-state index is 0.452. The fourth-order valence-corrected chi connectivity index (χ4v) is 3.05. The Kier molecular flexibility index (Phi) is 3.15. The summed E-state index contributed by atoms with van der Waals surface area (Å²) in [4.78, 5) is 5.25. The highest BCUT2D eigenvalue weighted by Gasteiger charge is 2.33. The topological polar surface area (TPSA) is 12.4 Å². The van der Waals surface area contributed by atoms with E-state index in [2.05, 4.69) is 54.9 Å². The first-order chi connectivity index (χ1) is 7.09. The molecule has 15 heavy (non-hydrogen) atoms. The first-order valence-electron chi connectivity index (χ1n) is 5.70. The minimum absolute atomic E-state index is 0.452. The number of hydrogen-bond donors (Lipinski definition) is 0. The largest absolute Gasteiger partial charge is 0.286 e. The van der Waals surface area contributed by atoms with Crippen LogP contribution in [0.3, 0.4) is 0 Å². The molecule has 2 heteroatoms. The van der Waals surface area contributed by atoms with E-state index >= 15 is 0 Å². The van der Waals surface area contributed by atoms with Crippen LogP contribution in [0.2, 0.25) is 0 Å². The maximum Gasteiger partial charge on any atom is 0.0481 e. The van der Waals surface area contributed by atoms with Gasteiger partial charge in [-0.25, -0.2) is 0 Å². The second-order valence-corrected chi connectivity index (χ2v) is 5.87. The highest BCUT2D eigenvalue weighted by Crippen LogP contribution is 2.35. The summed E-state index contributed by atoms with van der Waals surface area (Å²) in [6, 6.07) is 0.485. The lowest BCUT2D eigenvalue weighted by molar-refractivity contribution is 0.618. The molecule has 2 aliphatic rings. The Bertz CT molecular complexity index is 338. The van der Waals surface area contributed by atoms with Gasteiger partial charge in [0.15, 0.2) is 0 Å². The molecule has 0 aromatic heterocycles. The fourth-order valence-electron chi connectivity index (χ4n) is 2.41. The highest BCUT2D eigenvalue weighted by molar-refractivity contribution is 9.09. The van der Waals surface area contributed by atoms with Gasteiger partial charge in [-0.3, -0.25) is 4.99 Å². The summed E-state index contributed by atoms with van der Waals surface area (Å²) in [5, 5.41) is 0. The summed E-state index contributed by atoms with van der Waals surface area (Å²) in [5.41, 5.74) is 2.76. The van der Waals surface area contributed by atoms with Crippen LogP contribution in [0.15, 0.2) is 28.8 Å². The summed E-state index contributed by atoms with van der Waals surface area (Å²) in [5.74, 6) is 1.14. The minimum Gasteiger partial charge on any atom is -0.286 e. The van der Waals surface area contributed by atoms with Crippen molar-refractivity contribution < 1.29 is 0 Å². The lowest BCUT2D eigenvalue weighted by Crippen LogP contribution is -2.21. The molecule has 2 rings (SSSR count). The van der Waals surface area contributed by atoms with Gasteiger partial charge in [0.2, 0.25) is 0 Å². The predicted molar refractivity (Wildman–Crippen MR) is 69.8 cm³/mol. The van der Waals surface area contributed by atoms with Crippen molar-refractivity contribution in [3.8, 4) is 0 Å². The molecule has 0 saturated carbocycles. The Morgan fingerprint density at radius 1 is 1.47 bits per heavy atom. The number of allylic oxidation sites excluding steroid dienone is 4. The van der Waals surface area contributed by atoms with Crippen LogP contribution in [0, 0.1) is 11.8 Å². The van der Waals surface area contributed by atoms with Crippen LogP contribution in [0.5, 0.6) is 0 Å². The molecule has 0 bridgehead atoms. The van der Waals surface area contributed by atoms with Gasteiger partial charge in [-0.1, -0.05) is 48.0 Å². The van der Waals surface area contributed by atoms with Crippen LogP contribution < -0.4 is 0 Å². The van der Waals surface area contributed by atoms with Crippen LogP contribution in [0.25, 0.3) is 0 Å². The van der Waals surface area contributed by atoms with Gasteiger partial charge in [0.1, 0.15) is 0 Å². The molecule has 1 heterocycles. The number of fused-ring (bicyclic) bond motifs is 1. The Morgan fingerprint density at radius 2 is 2.20 bits per heavy atom. The Balaban J connectivity index is 2.37. The molecule has 82 valence electrons. The van der Waals surface area contributed by atoms with E-state index in [9.17, 15) is 0 Å². The molecule has 1 nitrogen and oxygen atoms in total. The number of nitrogens with zero attached hydrogens (tertiary/aromatic N) is 1. The highest BCUT2D eigenvalue weighted by atomic mass is 79.9. The zero-order valence-corrected chi connectivity index (χ0v) is 11.2. The van der Waals surface area contributed by atoms with Gasteiger partial charge in [-0.2, -0.15) is 0 Å². The van der Waals surface area contributed by atoms with E-state index in [0.29, 0.717) is 22.7 Å². The van der Waals surface area contributed by atoms with E-state index in [1.807, 2.05) is 0 Å². The molecular formula is C13H18BrN. The number of halogens is 1. The molecule has 0 aromatic carbocycles. The van der Waals surface area contributed by atoms with Crippen molar-refractivity contribution in [2.24, 2.45) is 16.8 Å². The summed E-state index contributed by atoms with van der Waals surface area (Å²) in [6.07, 6.45) is 7.82. The van der Waals surface area contributed by atoms with Gasteiger partial charge in [0, 0.05) is 22.5 Å². The molecule has 0 amide bonds. The van der Waals surface area contributed by atoms with Crippen molar-refractivity contribution in [1.82, 2.24) is 0 Å². The second-order valence-electron chi connectivity index (χ2n) is 4.81. The van der Waals surface area contributed by atoms with Gasteiger partial charge < -0.3 is 0 Å². The van der Waals surface area contributed by atoms with Gasteiger partial charge in [-0.15, -0.1) is 0 Å². The average molecular weight is 268 g/mol. The maximum atomic E-state index is 4.80. The van der Waals surface area contributed by atoms with E-state index in [1.165, 1.54) is 17.7 Å². The lowest BCUT2D eigenvalue weighted by atomic mass is 9.88. The standard InChI is InChI=1S/C13H18BrN/c1-8(2)10-5-4-6-12(14)11-7-9(3)15-13(10)11/h4-6,8-9,11-12H,7H2,1-3H3. The molecule has 0 spiro atoms. The van der Waals surface area contributed by atoms with Crippen LogP contribution in [-0.4, -0.2) is 16.6 Å². The second kappa shape index (κ2) is 4.25. The van der Waals surface area contributed by atoms with Gasteiger partial charge >= 0.3 is 0 Å². The van der Waals surface area contributed by atoms with E-state index in [-0.39, 0.29) is 0 Å². The Morgan fingerprint density at radius 3 is 2.87 bits per heavy atom. The van der Waals surface area contributed by atoms with Crippen molar-refractivity contribution in [3.63, 3.8) is 0 Å². The van der Waals surface area contributed by atoms with E-state index in [0.717, 1.165) is 0 Å². The molecule has 1 aliphatic heterocycles. The first kappa shape index (κ1) is 11.1. The van der Waals surface area contributed by atoms with Crippen molar-refractivity contribution in [2.75, 3.05) is 0 Å². The van der Waals surface area contributed by atoms with Gasteiger partial charge in [0.25, 0.3) is 0 Å². The van der Waals surface area contributed by atoms with Crippen LogP contribution in [0.4, 0.5) is 0 Å². The molecule has 0 radical (unpaired) electrons. The molecule has 0 fully saturated rings. The number of aliphatic imine (C=N–C) groups is 1. The molecule has 0 saturated heterocycles. The third-order valence-corrected chi connectivity index (χ3v) is 4.12. The van der Waals surface area contributed by atoms with E-state index in [4.69, 9.17) is 4.99 Å². The fraction of sp³-hybridized carbons (Fsp3) is 0.615. The number of hydrogen-bond acceptors (Lipinski definition) is 1. The lowest BCUT2D eigenvalue weighted by Gasteiger charge is -2.18. The monoisotopic (exact) mass is 267 g/mol.